The van der Waals surface area contributed by atoms with E-state index in [-0.39, 0.29) is 19.7 Å². The highest BCUT2D eigenvalue weighted by molar-refractivity contribution is 5.71. The normalized spacial score (nSPS) is 9.57. The third-order valence-corrected chi connectivity index (χ3v) is 1.62. The van der Waals surface area contributed by atoms with Gasteiger partial charge in [0, 0.05) is 0 Å². The highest BCUT2D eigenvalue weighted by Gasteiger charge is 2.18. The minimum atomic E-state index is -0.563. The number of carbonyl (C=O) groups excluding carboxylic acids is 1. The largest absolute Gasteiger partial charge is 0.465 e. The predicted molar refractivity (Wildman–Crippen MR) is 50.1 cm³/mol. The molecule has 0 radical (unpaired) electrons. The quantitative estimate of drug-likeness (QED) is 0.349. The molecule has 0 atom stereocenters. The van der Waals surface area contributed by atoms with Gasteiger partial charge in [0.2, 0.25) is 0 Å². The molecule has 0 saturated carbocycles. The molecule has 6 heteroatoms. The number of unbranched alkanes of at least 4 members (excludes halogenated alkanes) is 1. The monoisotopic (exact) mass is 204 g/mol. The summed E-state index contributed by atoms with van der Waals surface area (Å²) >= 11 is 0. The van der Waals surface area contributed by atoms with E-state index in [4.69, 9.17) is 0 Å². The average Bonchev–Trinajstić information content (AvgIpc) is 2.12. The number of nitrogens with zero attached hydrogens (tertiary/aromatic N) is 2. The maximum atomic E-state index is 11.0. The van der Waals surface area contributed by atoms with Crippen LogP contribution in [-0.2, 0) is 9.53 Å². The summed E-state index contributed by atoms with van der Waals surface area (Å²) in [6.45, 7) is 3.85. The van der Waals surface area contributed by atoms with Gasteiger partial charge < -0.3 is 4.74 Å². The second kappa shape index (κ2) is 7.11. The zero-order chi connectivity index (χ0) is 11.0. The van der Waals surface area contributed by atoms with E-state index in [1.165, 1.54) is 0 Å². The summed E-state index contributed by atoms with van der Waals surface area (Å²) in [7, 11) is 0. The van der Waals surface area contributed by atoms with Crippen molar-refractivity contribution in [1.82, 2.24) is 5.01 Å². The molecule has 82 valence electrons. The highest BCUT2D eigenvalue weighted by Crippen LogP contribution is 1.96. The Labute approximate surface area is 83.0 Å². The van der Waals surface area contributed by atoms with Crippen molar-refractivity contribution >= 4 is 5.97 Å². The third kappa shape index (κ3) is 5.34. The van der Waals surface area contributed by atoms with Crippen LogP contribution in [0.2, 0.25) is 0 Å². The van der Waals surface area contributed by atoms with E-state index < -0.39 is 11.0 Å². The van der Waals surface area contributed by atoms with Gasteiger partial charge in [-0.05, 0) is 13.3 Å². The van der Waals surface area contributed by atoms with Gasteiger partial charge in [0.25, 0.3) is 0 Å². The van der Waals surface area contributed by atoms with Crippen molar-refractivity contribution in [2.45, 2.75) is 26.7 Å². The lowest BCUT2D eigenvalue weighted by molar-refractivity contribution is -0.653. The molecule has 14 heavy (non-hydrogen) atoms. The first-order valence-electron chi connectivity index (χ1n) is 4.66. The number of hydrogen-bond donors (Lipinski definition) is 0. The molecule has 0 saturated heterocycles. The summed E-state index contributed by atoms with van der Waals surface area (Å²) in [6, 6.07) is 0. The summed E-state index contributed by atoms with van der Waals surface area (Å²) in [5.41, 5.74) is 0. The standard InChI is InChI=1S/C8H16N2O4/c1-3-5-6-9(10(12)13)7-8(11)14-4-2/h3-7H2,1-2H3. The topological polar surface area (TPSA) is 72.7 Å². The number of hydrazine groups is 1. The first-order valence-corrected chi connectivity index (χ1v) is 4.66. The molecule has 0 aliphatic heterocycles. The van der Waals surface area contributed by atoms with Crippen molar-refractivity contribution in [1.29, 1.82) is 0 Å². The van der Waals surface area contributed by atoms with Gasteiger partial charge in [-0.2, -0.15) is 0 Å². The van der Waals surface area contributed by atoms with Crippen LogP contribution in [0.1, 0.15) is 26.7 Å². The van der Waals surface area contributed by atoms with E-state index in [1.807, 2.05) is 6.92 Å². The molecule has 0 N–H and O–H groups in total. The first kappa shape index (κ1) is 12.7. The predicted octanol–water partition coefficient (Wildman–Crippen LogP) is 0.843. The molecule has 0 heterocycles. The lowest BCUT2D eigenvalue weighted by Gasteiger charge is -2.12. The Hall–Kier alpha value is -1.33. The molecule has 0 rings (SSSR count). The smallest absolute Gasteiger partial charge is 0.331 e. The van der Waals surface area contributed by atoms with Crippen LogP contribution in [0.25, 0.3) is 0 Å². The van der Waals surface area contributed by atoms with Crippen LogP contribution in [0.3, 0.4) is 0 Å². The van der Waals surface area contributed by atoms with Gasteiger partial charge in [-0.3, -0.25) is 0 Å². The molecule has 0 unspecified atom stereocenters. The van der Waals surface area contributed by atoms with Gasteiger partial charge in [0.1, 0.15) is 0 Å². The fourth-order valence-corrected chi connectivity index (χ4v) is 0.915. The fraction of sp³-hybridized carbons (Fsp3) is 0.875. The van der Waals surface area contributed by atoms with Crippen LogP contribution in [0, 0.1) is 10.1 Å². The molecule has 0 aromatic heterocycles. The van der Waals surface area contributed by atoms with Crippen LogP contribution in [-0.4, -0.2) is 35.7 Å². The number of carbonyl (C=O) groups is 1. The van der Waals surface area contributed by atoms with Crippen LogP contribution in [0.15, 0.2) is 0 Å². The molecule has 0 aliphatic carbocycles. The van der Waals surface area contributed by atoms with Crippen LogP contribution in [0.4, 0.5) is 0 Å². The van der Waals surface area contributed by atoms with E-state index in [9.17, 15) is 14.9 Å². The van der Waals surface area contributed by atoms with Gasteiger partial charge in [-0.25, -0.2) is 14.9 Å². The molecule has 0 aliphatic rings. The van der Waals surface area contributed by atoms with Crippen molar-refractivity contribution in [3.63, 3.8) is 0 Å². The number of esters is 1. The molecule has 6 nitrogen and oxygen atoms in total. The summed E-state index contributed by atoms with van der Waals surface area (Å²) in [6.07, 6.45) is 1.55. The Kier molecular flexibility index (Phi) is 6.43. The van der Waals surface area contributed by atoms with Crippen LogP contribution >= 0.6 is 0 Å². The van der Waals surface area contributed by atoms with Gasteiger partial charge >= 0.3 is 5.97 Å². The van der Waals surface area contributed by atoms with Crippen LogP contribution in [0.5, 0.6) is 0 Å². The third-order valence-electron chi connectivity index (χ3n) is 1.62. The Bertz CT molecular complexity index is 196. The maximum absolute atomic E-state index is 11.0. The summed E-state index contributed by atoms with van der Waals surface area (Å²) in [5, 5.41) is 10.8. The average molecular weight is 204 g/mol. The van der Waals surface area contributed by atoms with E-state index in [1.54, 1.807) is 6.92 Å². The van der Waals surface area contributed by atoms with E-state index in [0.717, 1.165) is 11.4 Å². The highest BCUT2D eigenvalue weighted by atomic mass is 16.7. The molecular weight excluding hydrogens is 188 g/mol. The summed E-state index contributed by atoms with van der Waals surface area (Å²) < 4.78 is 4.62. The van der Waals surface area contributed by atoms with E-state index in [2.05, 4.69) is 4.74 Å². The van der Waals surface area contributed by atoms with Gasteiger partial charge in [0.05, 0.1) is 13.2 Å². The lowest BCUT2D eigenvalue weighted by atomic mass is 10.3. The first-order chi connectivity index (χ1) is 6.61. The van der Waals surface area contributed by atoms with E-state index >= 15 is 0 Å². The SMILES string of the molecule is CCCCN(CC(=O)OCC)[N+](=O)[O-]. The van der Waals surface area contributed by atoms with Gasteiger partial charge in [-0.1, -0.05) is 13.3 Å². The lowest BCUT2D eigenvalue weighted by Crippen LogP contribution is -2.36. The number of rotatable bonds is 7. The van der Waals surface area contributed by atoms with Gasteiger partial charge in [-0.15, -0.1) is 5.01 Å². The Balaban J connectivity index is 3.95. The Morgan fingerprint density at radius 1 is 1.50 bits per heavy atom. The molecule has 0 bridgehead atoms. The van der Waals surface area contributed by atoms with Crippen molar-refractivity contribution in [3.05, 3.63) is 10.1 Å². The van der Waals surface area contributed by atoms with Gasteiger partial charge in [0.15, 0.2) is 11.6 Å². The van der Waals surface area contributed by atoms with Crippen molar-refractivity contribution in [2.75, 3.05) is 19.7 Å². The van der Waals surface area contributed by atoms with Crippen LogP contribution < -0.4 is 0 Å². The molecule has 0 spiro atoms. The van der Waals surface area contributed by atoms with Crippen molar-refractivity contribution in [2.24, 2.45) is 0 Å². The Morgan fingerprint density at radius 2 is 2.14 bits per heavy atom. The minimum absolute atomic E-state index is 0.248. The molecular formula is C8H16N2O4. The zero-order valence-electron chi connectivity index (χ0n) is 8.56. The summed E-state index contributed by atoms with van der Waals surface area (Å²) in [4.78, 5) is 21.4. The second-order valence-corrected chi connectivity index (χ2v) is 2.78. The maximum Gasteiger partial charge on any atom is 0.331 e. The van der Waals surface area contributed by atoms with E-state index in [0.29, 0.717) is 6.42 Å². The Morgan fingerprint density at radius 3 is 2.57 bits per heavy atom. The number of nitro groups is 1. The summed E-state index contributed by atoms with van der Waals surface area (Å²) in [5.74, 6) is -0.555. The molecule has 0 aromatic rings. The molecule has 0 fully saturated rings. The minimum Gasteiger partial charge on any atom is -0.465 e. The zero-order valence-corrected chi connectivity index (χ0v) is 8.56. The van der Waals surface area contributed by atoms with Crippen molar-refractivity contribution in [3.8, 4) is 0 Å². The fourth-order valence-electron chi connectivity index (χ4n) is 0.915. The van der Waals surface area contributed by atoms with Crippen molar-refractivity contribution < 1.29 is 14.6 Å². The number of ether oxygens (including phenoxy) is 1. The molecule has 0 amide bonds. The number of hydrogen-bond acceptors (Lipinski definition) is 4. The molecule has 0 aromatic carbocycles. The second-order valence-electron chi connectivity index (χ2n) is 2.78.